The van der Waals surface area contributed by atoms with Crippen LogP contribution in [0.25, 0.3) is 0 Å². The van der Waals surface area contributed by atoms with E-state index >= 15 is 0 Å². The first-order chi connectivity index (χ1) is 6.60. The minimum absolute atomic E-state index is 0.0722. The maximum absolute atomic E-state index is 5.97. The summed E-state index contributed by atoms with van der Waals surface area (Å²) in [6, 6.07) is 0. The van der Waals surface area contributed by atoms with Crippen molar-refractivity contribution in [2.24, 2.45) is 11.8 Å². The first kappa shape index (κ1) is 10.4. The standard InChI is InChI=1S/C11H22N2O/c1-9-6-12-11(2,14-8-9)10-4-5-13(3)7-10/h9-10,12H,4-8H2,1-3H3. The van der Waals surface area contributed by atoms with E-state index in [0.29, 0.717) is 11.8 Å². The van der Waals surface area contributed by atoms with Crippen molar-refractivity contribution < 1.29 is 4.74 Å². The van der Waals surface area contributed by atoms with Gasteiger partial charge in [0.05, 0.1) is 6.61 Å². The minimum atomic E-state index is -0.0722. The Morgan fingerprint density at radius 2 is 2.29 bits per heavy atom. The molecule has 0 spiro atoms. The van der Waals surface area contributed by atoms with Crippen LogP contribution in [0, 0.1) is 11.8 Å². The van der Waals surface area contributed by atoms with Crippen LogP contribution >= 0.6 is 0 Å². The Balaban J connectivity index is 1.95. The van der Waals surface area contributed by atoms with Crippen LogP contribution in [0.3, 0.4) is 0 Å². The van der Waals surface area contributed by atoms with Crippen LogP contribution < -0.4 is 5.32 Å². The maximum Gasteiger partial charge on any atom is 0.120 e. The second kappa shape index (κ2) is 3.80. The van der Waals surface area contributed by atoms with E-state index in [9.17, 15) is 0 Å². The first-order valence-electron chi connectivity index (χ1n) is 5.68. The van der Waals surface area contributed by atoms with Crippen LogP contribution in [0.2, 0.25) is 0 Å². The lowest BCUT2D eigenvalue weighted by Gasteiger charge is -2.42. The van der Waals surface area contributed by atoms with E-state index in [0.717, 1.165) is 19.7 Å². The van der Waals surface area contributed by atoms with Gasteiger partial charge < -0.3 is 9.64 Å². The molecule has 0 aliphatic carbocycles. The fraction of sp³-hybridized carbons (Fsp3) is 1.00. The molecule has 3 heteroatoms. The van der Waals surface area contributed by atoms with Crippen molar-refractivity contribution in [3.8, 4) is 0 Å². The van der Waals surface area contributed by atoms with Crippen molar-refractivity contribution in [2.45, 2.75) is 26.0 Å². The molecule has 2 aliphatic rings. The molecule has 0 aromatic carbocycles. The van der Waals surface area contributed by atoms with Crippen molar-refractivity contribution >= 4 is 0 Å². The van der Waals surface area contributed by atoms with Gasteiger partial charge in [0, 0.05) is 19.0 Å². The third-order valence-electron chi connectivity index (χ3n) is 3.64. The Bertz CT molecular complexity index is 199. The van der Waals surface area contributed by atoms with Gasteiger partial charge in [-0.2, -0.15) is 0 Å². The van der Waals surface area contributed by atoms with E-state index in [4.69, 9.17) is 4.74 Å². The summed E-state index contributed by atoms with van der Waals surface area (Å²) in [6.07, 6.45) is 1.26. The van der Waals surface area contributed by atoms with Crippen molar-refractivity contribution in [3.63, 3.8) is 0 Å². The Morgan fingerprint density at radius 1 is 1.50 bits per heavy atom. The Hall–Kier alpha value is -0.120. The molecule has 3 unspecified atom stereocenters. The van der Waals surface area contributed by atoms with E-state index in [1.165, 1.54) is 13.0 Å². The lowest BCUT2D eigenvalue weighted by atomic mass is 9.94. The summed E-state index contributed by atoms with van der Waals surface area (Å²) in [5.74, 6) is 1.31. The number of likely N-dealkylation sites (tertiary alicyclic amines) is 1. The highest BCUT2D eigenvalue weighted by Gasteiger charge is 2.40. The number of hydrogen-bond acceptors (Lipinski definition) is 3. The van der Waals surface area contributed by atoms with Gasteiger partial charge in [0.2, 0.25) is 0 Å². The zero-order valence-corrected chi connectivity index (χ0v) is 9.55. The summed E-state index contributed by atoms with van der Waals surface area (Å²) in [6.45, 7) is 8.81. The van der Waals surface area contributed by atoms with Crippen LogP contribution in [0.4, 0.5) is 0 Å². The Kier molecular flexibility index (Phi) is 2.82. The zero-order chi connectivity index (χ0) is 10.2. The molecule has 2 heterocycles. The highest BCUT2D eigenvalue weighted by molar-refractivity contribution is 4.90. The molecule has 82 valence electrons. The molecule has 2 aliphatic heterocycles. The number of hydrogen-bond donors (Lipinski definition) is 1. The predicted molar refractivity (Wildman–Crippen MR) is 57.1 cm³/mol. The summed E-state index contributed by atoms with van der Waals surface area (Å²) in [5.41, 5.74) is -0.0722. The van der Waals surface area contributed by atoms with E-state index in [2.05, 4.69) is 31.1 Å². The molecule has 0 aromatic heterocycles. The molecule has 2 saturated heterocycles. The molecule has 0 bridgehead atoms. The smallest absolute Gasteiger partial charge is 0.120 e. The average molecular weight is 198 g/mol. The van der Waals surface area contributed by atoms with E-state index in [-0.39, 0.29) is 5.72 Å². The quantitative estimate of drug-likeness (QED) is 0.678. The fourth-order valence-corrected chi connectivity index (χ4v) is 2.45. The van der Waals surface area contributed by atoms with Gasteiger partial charge in [0.25, 0.3) is 0 Å². The van der Waals surface area contributed by atoms with Gasteiger partial charge in [-0.3, -0.25) is 5.32 Å². The van der Waals surface area contributed by atoms with Crippen LogP contribution in [-0.2, 0) is 4.74 Å². The number of rotatable bonds is 1. The SMILES string of the molecule is CC1CNC(C)(C2CCN(C)C2)OC1. The highest BCUT2D eigenvalue weighted by atomic mass is 16.5. The van der Waals surface area contributed by atoms with Gasteiger partial charge in [0.1, 0.15) is 5.72 Å². The van der Waals surface area contributed by atoms with Gasteiger partial charge in [-0.15, -0.1) is 0 Å². The second-order valence-corrected chi connectivity index (χ2v) is 5.15. The molecule has 2 fully saturated rings. The summed E-state index contributed by atoms with van der Waals surface area (Å²) < 4.78 is 5.97. The van der Waals surface area contributed by atoms with Crippen LogP contribution in [0.5, 0.6) is 0 Å². The summed E-state index contributed by atoms with van der Waals surface area (Å²) in [5, 5.41) is 3.56. The highest BCUT2D eigenvalue weighted by Crippen LogP contribution is 2.30. The number of nitrogens with zero attached hydrogens (tertiary/aromatic N) is 1. The van der Waals surface area contributed by atoms with Gasteiger partial charge in [-0.1, -0.05) is 6.92 Å². The van der Waals surface area contributed by atoms with Gasteiger partial charge >= 0.3 is 0 Å². The fourth-order valence-electron chi connectivity index (χ4n) is 2.45. The van der Waals surface area contributed by atoms with Crippen LogP contribution in [0.1, 0.15) is 20.3 Å². The largest absolute Gasteiger partial charge is 0.360 e. The van der Waals surface area contributed by atoms with Crippen LogP contribution in [-0.4, -0.2) is 43.9 Å². The molecule has 3 atom stereocenters. The normalized spacial score (nSPS) is 45.6. The number of nitrogens with one attached hydrogen (secondary N) is 1. The van der Waals surface area contributed by atoms with E-state index in [1.54, 1.807) is 0 Å². The average Bonchev–Trinajstić information content (AvgIpc) is 2.58. The Labute approximate surface area is 86.8 Å². The molecular formula is C11H22N2O. The zero-order valence-electron chi connectivity index (χ0n) is 9.55. The third kappa shape index (κ3) is 1.95. The number of ether oxygens (including phenoxy) is 1. The predicted octanol–water partition coefficient (Wildman–Crippen LogP) is 0.910. The maximum atomic E-state index is 5.97. The first-order valence-corrected chi connectivity index (χ1v) is 5.68. The van der Waals surface area contributed by atoms with Crippen molar-refractivity contribution in [1.82, 2.24) is 10.2 Å². The summed E-state index contributed by atoms with van der Waals surface area (Å²) >= 11 is 0. The molecule has 1 N–H and O–H groups in total. The van der Waals surface area contributed by atoms with E-state index in [1.807, 2.05) is 0 Å². The van der Waals surface area contributed by atoms with E-state index < -0.39 is 0 Å². The van der Waals surface area contributed by atoms with Gasteiger partial charge in [-0.25, -0.2) is 0 Å². The second-order valence-electron chi connectivity index (χ2n) is 5.15. The molecule has 2 rings (SSSR count). The lowest BCUT2D eigenvalue weighted by Crippen LogP contribution is -2.57. The lowest BCUT2D eigenvalue weighted by molar-refractivity contribution is -0.132. The molecule has 0 saturated carbocycles. The molecule has 14 heavy (non-hydrogen) atoms. The minimum Gasteiger partial charge on any atom is -0.360 e. The molecule has 0 radical (unpaired) electrons. The summed E-state index contributed by atoms with van der Waals surface area (Å²) in [7, 11) is 2.19. The Morgan fingerprint density at radius 3 is 2.79 bits per heavy atom. The van der Waals surface area contributed by atoms with Crippen molar-refractivity contribution in [3.05, 3.63) is 0 Å². The monoisotopic (exact) mass is 198 g/mol. The molecule has 0 amide bonds. The van der Waals surface area contributed by atoms with Gasteiger partial charge in [-0.05, 0) is 32.9 Å². The molecular weight excluding hydrogens is 176 g/mol. The van der Waals surface area contributed by atoms with Crippen molar-refractivity contribution in [1.29, 1.82) is 0 Å². The summed E-state index contributed by atoms with van der Waals surface area (Å²) in [4.78, 5) is 2.39. The van der Waals surface area contributed by atoms with Gasteiger partial charge in [0.15, 0.2) is 0 Å². The van der Waals surface area contributed by atoms with Crippen molar-refractivity contribution in [2.75, 3.05) is 33.3 Å². The molecule has 0 aromatic rings. The van der Waals surface area contributed by atoms with Crippen LogP contribution in [0.15, 0.2) is 0 Å². The topological polar surface area (TPSA) is 24.5 Å². The third-order valence-corrected chi connectivity index (χ3v) is 3.64. The molecule has 3 nitrogen and oxygen atoms in total.